The van der Waals surface area contributed by atoms with Crippen molar-refractivity contribution in [3.05, 3.63) is 30.1 Å². The Morgan fingerprint density at radius 1 is 1.28 bits per heavy atom. The number of hydrogen-bond acceptors (Lipinski definition) is 5. The molecule has 0 bridgehead atoms. The zero-order valence-corrected chi connectivity index (χ0v) is 10.3. The maximum absolute atomic E-state index is 9.22. The van der Waals surface area contributed by atoms with Crippen molar-refractivity contribution >= 4 is 17.3 Å². The number of aliphatic hydroxyl groups excluding tert-OH is 1. The maximum atomic E-state index is 9.22. The molecule has 2 aromatic rings. The third-order valence-corrected chi connectivity index (χ3v) is 2.62. The number of aromatic hydroxyl groups is 1. The van der Waals surface area contributed by atoms with Gasteiger partial charge in [-0.05, 0) is 53.3 Å². The summed E-state index contributed by atoms with van der Waals surface area (Å²) in [6, 6.07) is 6.60. The van der Waals surface area contributed by atoms with Crippen LogP contribution < -0.4 is 0 Å². The van der Waals surface area contributed by atoms with Crippen LogP contribution in [0.2, 0.25) is 0 Å². The van der Waals surface area contributed by atoms with Gasteiger partial charge in [-0.25, -0.2) is 0 Å². The predicted molar refractivity (Wildman–Crippen MR) is 69.0 cm³/mol. The Bertz CT molecular complexity index is 538. The van der Waals surface area contributed by atoms with E-state index in [2.05, 4.69) is 27.7 Å². The lowest BCUT2D eigenvalue weighted by atomic mass is 10.2. The Kier molecular flexibility index (Phi) is 3.83. The molecule has 6 nitrogen and oxygen atoms in total. The summed E-state index contributed by atoms with van der Waals surface area (Å²) in [7, 11) is 0. The molecule has 2 rings (SSSR count). The molecule has 1 heterocycles. The van der Waals surface area contributed by atoms with Crippen LogP contribution in [0, 0.1) is 0 Å². The van der Waals surface area contributed by atoms with Gasteiger partial charge in [0, 0.05) is 12.8 Å². The summed E-state index contributed by atoms with van der Waals surface area (Å²) in [5, 5.41) is 29.6. The molecule has 0 radical (unpaired) electrons. The lowest BCUT2D eigenvalue weighted by Gasteiger charge is -2.04. The quantitative estimate of drug-likeness (QED) is 0.798. The van der Waals surface area contributed by atoms with Crippen LogP contribution >= 0.6 is 12.2 Å². The normalized spacial score (nSPS) is 10.4. The minimum atomic E-state index is -0.00124. The van der Waals surface area contributed by atoms with Gasteiger partial charge in [0.1, 0.15) is 5.75 Å². The van der Waals surface area contributed by atoms with Crippen molar-refractivity contribution in [3.8, 4) is 11.4 Å². The second-order valence-electron chi connectivity index (χ2n) is 3.77. The number of aromatic nitrogens is 4. The molecule has 7 heteroatoms. The van der Waals surface area contributed by atoms with Crippen molar-refractivity contribution in [2.75, 3.05) is 0 Å². The SMILES string of the molecule is OC(=S)CCCc1nnnn1-c1ccc(O)cc1. The van der Waals surface area contributed by atoms with Crippen LogP contribution in [0.25, 0.3) is 5.69 Å². The Morgan fingerprint density at radius 2 is 2.00 bits per heavy atom. The number of rotatable bonds is 5. The number of thiocarbonyl (C=S) groups is 1. The van der Waals surface area contributed by atoms with E-state index in [1.54, 1.807) is 28.9 Å². The van der Waals surface area contributed by atoms with Crippen LogP contribution in [0.15, 0.2) is 24.3 Å². The lowest BCUT2D eigenvalue weighted by Crippen LogP contribution is -2.04. The van der Waals surface area contributed by atoms with Crippen LogP contribution in [-0.4, -0.2) is 35.5 Å². The van der Waals surface area contributed by atoms with Crippen molar-refractivity contribution in [1.82, 2.24) is 20.2 Å². The van der Waals surface area contributed by atoms with Crippen molar-refractivity contribution in [2.45, 2.75) is 19.3 Å². The molecule has 0 amide bonds. The number of phenols is 1. The average molecular weight is 264 g/mol. The summed E-state index contributed by atoms with van der Waals surface area (Å²) >= 11 is 4.60. The first-order valence-corrected chi connectivity index (χ1v) is 5.86. The third-order valence-electron chi connectivity index (χ3n) is 2.42. The number of phenolic OH excluding ortho intramolecular Hbond substituents is 1. The number of aliphatic hydroxyl groups is 1. The minimum absolute atomic E-state index is 0.00124. The smallest absolute Gasteiger partial charge is 0.156 e. The number of nitrogens with zero attached hydrogens (tertiary/aromatic N) is 4. The lowest BCUT2D eigenvalue weighted by molar-refractivity contribution is 0.475. The molecule has 94 valence electrons. The molecule has 0 unspecified atom stereocenters. The predicted octanol–water partition coefficient (Wildman–Crippen LogP) is 1.58. The van der Waals surface area contributed by atoms with Gasteiger partial charge in [-0.3, -0.25) is 0 Å². The first kappa shape index (κ1) is 12.4. The summed E-state index contributed by atoms with van der Waals surface area (Å²) in [4.78, 5) is 0. The molecule has 0 saturated heterocycles. The van der Waals surface area contributed by atoms with Gasteiger partial charge in [-0.15, -0.1) is 5.10 Å². The van der Waals surface area contributed by atoms with Gasteiger partial charge in [0.05, 0.1) is 5.69 Å². The molecule has 0 fully saturated rings. The standard InChI is InChI=1S/C11H12N4O2S/c16-9-6-4-8(5-7-9)15-10(12-13-14-15)2-1-3-11(17)18/h4-7,16H,1-3H2,(H,17,18). The molecule has 1 aromatic carbocycles. The van der Waals surface area contributed by atoms with E-state index in [-0.39, 0.29) is 10.8 Å². The summed E-state index contributed by atoms with van der Waals surface area (Å²) in [5.41, 5.74) is 0.777. The molecule has 0 spiro atoms. The van der Waals surface area contributed by atoms with Crippen LogP contribution in [0.4, 0.5) is 0 Å². The summed E-state index contributed by atoms with van der Waals surface area (Å²) < 4.78 is 1.60. The van der Waals surface area contributed by atoms with Crippen molar-refractivity contribution in [1.29, 1.82) is 0 Å². The fourth-order valence-electron chi connectivity index (χ4n) is 1.55. The van der Waals surface area contributed by atoms with E-state index in [0.717, 1.165) is 5.69 Å². The second-order valence-corrected chi connectivity index (χ2v) is 4.24. The molecule has 0 atom stereocenters. The average Bonchev–Trinajstić information content (AvgIpc) is 2.78. The van der Waals surface area contributed by atoms with Gasteiger partial charge in [-0.2, -0.15) is 4.68 Å². The molecule has 0 aliphatic carbocycles. The van der Waals surface area contributed by atoms with E-state index >= 15 is 0 Å². The number of benzene rings is 1. The Morgan fingerprint density at radius 3 is 2.67 bits per heavy atom. The molecular weight excluding hydrogens is 252 g/mol. The minimum Gasteiger partial charge on any atom is -0.508 e. The molecule has 1 aromatic heterocycles. The highest BCUT2D eigenvalue weighted by atomic mass is 32.1. The Hall–Kier alpha value is -2.02. The first-order valence-electron chi connectivity index (χ1n) is 5.45. The van der Waals surface area contributed by atoms with Gasteiger partial charge >= 0.3 is 0 Å². The maximum Gasteiger partial charge on any atom is 0.156 e. The third kappa shape index (κ3) is 3.01. The fourth-order valence-corrected chi connectivity index (χ4v) is 1.70. The number of hydrogen-bond donors (Lipinski definition) is 2. The van der Waals surface area contributed by atoms with Gasteiger partial charge in [0.25, 0.3) is 0 Å². The number of aryl methyl sites for hydroxylation is 1. The highest BCUT2D eigenvalue weighted by molar-refractivity contribution is 7.80. The van der Waals surface area contributed by atoms with Crippen LogP contribution in [0.5, 0.6) is 5.75 Å². The van der Waals surface area contributed by atoms with E-state index < -0.39 is 0 Å². The van der Waals surface area contributed by atoms with Gasteiger partial charge in [-0.1, -0.05) is 0 Å². The van der Waals surface area contributed by atoms with E-state index in [9.17, 15) is 5.11 Å². The van der Waals surface area contributed by atoms with E-state index in [0.29, 0.717) is 25.1 Å². The highest BCUT2D eigenvalue weighted by Gasteiger charge is 2.08. The fraction of sp³-hybridized carbons (Fsp3) is 0.273. The van der Waals surface area contributed by atoms with Crippen LogP contribution in [0.1, 0.15) is 18.7 Å². The summed E-state index contributed by atoms with van der Waals surface area (Å²) in [6.45, 7) is 0. The highest BCUT2D eigenvalue weighted by Crippen LogP contribution is 2.14. The van der Waals surface area contributed by atoms with Crippen molar-refractivity contribution < 1.29 is 10.2 Å². The zero-order chi connectivity index (χ0) is 13.0. The largest absolute Gasteiger partial charge is 0.508 e. The zero-order valence-electron chi connectivity index (χ0n) is 9.52. The molecular formula is C11H12N4O2S. The molecule has 0 saturated carbocycles. The van der Waals surface area contributed by atoms with E-state index in [1.807, 2.05) is 0 Å². The first-order chi connectivity index (χ1) is 8.66. The summed E-state index contributed by atoms with van der Waals surface area (Å²) in [6.07, 6.45) is 1.76. The summed E-state index contributed by atoms with van der Waals surface area (Å²) in [5.74, 6) is 0.885. The van der Waals surface area contributed by atoms with Crippen molar-refractivity contribution in [3.63, 3.8) is 0 Å². The van der Waals surface area contributed by atoms with Gasteiger partial charge in [0.2, 0.25) is 0 Å². The van der Waals surface area contributed by atoms with Gasteiger partial charge in [0.15, 0.2) is 10.9 Å². The topological polar surface area (TPSA) is 84.1 Å². The Labute approximate surface area is 109 Å². The van der Waals surface area contributed by atoms with Gasteiger partial charge < -0.3 is 10.2 Å². The molecule has 0 aliphatic rings. The van der Waals surface area contributed by atoms with E-state index in [4.69, 9.17) is 5.11 Å². The van der Waals surface area contributed by atoms with Crippen LogP contribution in [0.3, 0.4) is 0 Å². The Balaban J connectivity index is 2.12. The van der Waals surface area contributed by atoms with E-state index in [1.165, 1.54) is 0 Å². The second kappa shape index (κ2) is 5.54. The molecule has 0 aliphatic heterocycles. The van der Waals surface area contributed by atoms with Crippen LogP contribution in [-0.2, 0) is 6.42 Å². The number of tetrazole rings is 1. The molecule has 18 heavy (non-hydrogen) atoms. The monoisotopic (exact) mass is 264 g/mol. The molecule has 2 N–H and O–H groups in total. The van der Waals surface area contributed by atoms with Crippen molar-refractivity contribution in [2.24, 2.45) is 0 Å².